The normalized spacial score (nSPS) is 19.7. The van der Waals surface area contributed by atoms with E-state index in [1.165, 1.54) is 11.8 Å². The van der Waals surface area contributed by atoms with Gasteiger partial charge in [0, 0.05) is 16.7 Å². The Balaban J connectivity index is 1.35. The molecule has 2 aliphatic heterocycles. The van der Waals surface area contributed by atoms with Crippen molar-refractivity contribution < 1.29 is 22.7 Å². The number of rotatable bonds is 6. The first kappa shape index (κ1) is 20.1. The quantitative estimate of drug-likeness (QED) is 0.754. The molecule has 0 bridgehead atoms. The number of benzene rings is 2. The molecule has 1 amide bonds. The molecule has 29 heavy (non-hydrogen) atoms. The molecule has 4 rings (SSSR count). The summed E-state index contributed by atoms with van der Waals surface area (Å²) in [5.74, 6) is 1.76. The predicted octanol–water partition coefficient (Wildman–Crippen LogP) is 2.71. The van der Waals surface area contributed by atoms with Crippen LogP contribution in [0.4, 0.5) is 0 Å². The van der Waals surface area contributed by atoms with Crippen LogP contribution in [-0.4, -0.2) is 50.8 Å². The standard InChI is InChI=1S/C21H23NO5S2/c23-21(22-9-7-15-5-6-18-19(13-15)27-11-10-26-18)17-3-1-2-4-20(17)28-16-8-12-29(24,25)14-16/h1-6,13,16H,7-12,14H2,(H,22,23)/t16-/m1/s1. The highest BCUT2D eigenvalue weighted by Crippen LogP contribution is 2.33. The van der Waals surface area contributed by atoms with Gasteiger partial charge in [-0.2, -0.15) is 0 Å². The lowest BCUT2D eigenvalue weighted by Crippen LogP contribution is -2.26. The van der Waals surface area contributed by atoms with Crippen molar-refractivity contribution in [2.75, 3.05) is 31.3 Å². The van der Waals surface area contributed by atoms with Gasteiger partial charge in [-0.1, -0.05) is 18.2 Å². The van der Waals surface area contributed by atoms with Crippen LogP contribution >= 0.6 is 11.8 Å². The average molecular weight is 434 g/mol. The van der Waals surface area contributed by atoms with Crippen molar-refractivity contribution in [1.82, 2.24) is 5.32 Å². The number of fused-ring (bicyclic) bond motifs is 1. The maximum atomic E-state index is 12.7. The van der Waals surface area contributed by atoms with E-state index in [1.807, 2.05) is 36.4 Å². The topological polar surface area (TPSA) is 81.7 Å². The SMILES string of the molecule is O=C(NCCc1ccc2c(c1)OCCO2)c1ccccc1S[C@@H]1CCS(=O)(=O)C1. The molecular formula is C21H23NO5S2. The number of carbonyl (C=O) groups excluding carboxylic acids is 1. The highest BCUT2D eigenvalue weighted by atomic mass is 32.2. The summed E-state index contributed by atoms with van der Waals surface area (Å²) in [5.41, 5.74) is 1.65. The van der Waals surface area contributed by atoms with Crippen LogP contribution in [0.5, 0.6) is 11.5 Å². The zero-order valence-corrected chi connectivity index (χ0v) is 17.6. The van der Waals surface area contributed by atoms with Gasteiger partial charge in [-0.25, -0.2) is 8.42 Å². The Morgan fingerprint density at radius 1 is 1.10 bits per heavy atom. The molecule has 1 N–H and O–H groups in total. The predicted molar refractivity (Wildman–Crippen MR) is 113 cm³/mol. The lowest BCUT2D eigenvalue weighted by atomic mass is 10.1. The highest BCUT2D eigenvalue weighted by molar-refractivity contribution is 8.02. The van der Waals surface area contributed by atoms with Crippen LogP contribution < -0.4 is 14.8 Å². The van der Waals surface area contributed by atoms with E-state index in [2.05, 4.69) is 5.32 Å². The summed E-state index contributed by atoms with van der Waals surface area (Å²) >= 11 is 1.48. The van der Waals surface area contributed by atoms with Gasteiger partial charge in [-0.05, 0) is 42.7 Å². The summed E-state index contributed by atoms with van der Waals surface area (Å²) in [6.45, 7) is 1.60. The number of hydrogen-bond donors (Lipinski definition) is 1. The van der Waals surface area contributed by atoms with E-state index in [0.717, 1.165) is 22.0 Å². The number of sulfone groups is 1. The van der Waals surface area contributed by atoms with Crippen molar-refractivity contribution in [3.8, 4) is 11.5 Å². The molecule has 1 saturated heterocycles. The fourth-order valence-electron chi connectivity index (χ4n) is 3.45. The zero-order valence-electron chi connectivity index (χ0n) is 15.9. The minimum atomic E-state index is -2.94. The fraction of sp³-hybridized carbons (Fsp3) is 0.381. The van der Waals surface area contributed by atoms with Crippen molar-refractivity contribution in [1.29, 1.82) is 0 Å². The smallest absolute Gasteiger partial charge is 0.252 e. The lowest BCUT2D eigenvalue weighted by molar-refractivity contribution is 0.0951. The molecule has 0 unspecified atom stereocenters. The fourth-order valence-corrected chi connectivity index (χ4v) is 7.08. The lowest BCUT2D eigenvalue weighted by Gasteiger charge is -2.19. The maximum absolute atomic E-state index is 12.7. The van der Waals surface area contributed by atoms with E-state index in [-0.39, 0.29) is 22.7 Å². The van der Waals surface area contributed by atoms with Gasteiger partial charge in [0.1, 0.15) is 13.2 Å². The first-order valence-electron chi connectivity index (χ1n) is 9.63. The number of ether oxygens (including phenoxy) is 2. The Bertz CT molecular complexity index is 1010. The average Bonchev–Trinajstić information content (AvgIpc) is 3.06. The molecule has 0 spiro atoms. The third-order valence-corrected chi connectivity index (χ3v) is 8.25. The van der Waals surface area contributed by atoms with Crippen molar-refractivity contribution in [3.63, 3.8) is 0 Å². The van der Waals surface area contributed by atoms with E-state index in [1.54, 1.807) is 6.07 Å². The molecule has 0 aromatic heterocycles. The second kappa shape index (κ2) is 8.67. The number of amides is 1. The molecule has 0 radical (unpaired) electrons. The zero-order chi connectivity index (χ0) is 20.3. The molecule has 1 atom stereocenters. The monoisotopic (exact) mass is 433 g/mol. The van der Waals surface area contributed by atoms with Gasteiger partial charge in [0.15, 0.2) is 21.3 Å². The molecule has 6 nitrogen and oxygen atoms in total. The summed E-state index contributed by atoms with van der Waals surface area (Å²) in [4.78, 5) is 13.5. The summed E-state index contributed by atoms with van der Waals surface area (Å²) in [6.07, 6.45) is 1.31. The Hall–Kier alpha value is -2.19. The van der Waals surface area contributed by atoms with E-state index >= 15 is 0 Å². The molecule has 2 aromatic rings. The van der Waals surface area contributed by atoms with Crippen LogP contribution in [0, 0.1) is 0 Å². The van der Waals surface area contributed by atoms with Crippen molar-refractivity contribution in [3.05, 3.63) is 53.6 Å². The van der Waals surface area contributed by atoms with E-state index in [9.17, 15) is 13.2 Å². The van der Waals surface area contributed by atoms with Gasteiger partial charge < -0.3 is 14.8 Å². The van der Waals surface area contributed by atoms with Gasteiger partial charge >= 0.3 is 0 Å². The molecule has 8 heteroatoms. The van der Waals surface area contributed by atoms with Gasteiger partial charge in [0.05, 0.1) is 17.1 Å². The Morgan fingerprint density at radius 2 is 1.90 bits per heavy atom. The van der Waals surface area contributed by atoms with Crippen LogP contribution in [0.25, 0.3) is 0 Å². The van der Waals surface area contributed by atoms with Crippen LogP contribution in [0.2, 0.25) is 0 Å². The molecular weight excluding hydrogens is 410 g/mol. The molecule has 0 saturated carbocycles. The number of hydrogen-bond acceptors (Lipinski definition) is 6. The molecule has 2 heterocycles. The second-order valence-electron chi connectivity index (χ2n) is 7.12. The first-order chi connectivity index (χ1) is 14.0. The van der Waals surface area contributed by atoms with E-state index < -0.39 is 9.84 Å². The molecule has 0 aliphatic carbocycles. The van der Waals surface area contributed by atoms with Crippen LogP contribution in [0.3, 0.4) is 0 Å². The minimum Gasteiger partial charge on any atom is -0.486 e. The van der Waals surface area contributed by atoms with Crippen LogP contribution in [0.15, 0.2) is 47.4 Å². The van der Waals surface area contributed by atoms with Crippen molar-refractivity contribution in [2.24, 2.45) is 0 Å². The van der Waals surface area contributed by atoms with Gasteiger partial charge in [-0.3, -0.25) is 4.79 Å². The van der Waals surface area contributed by atoms with Gasteiger partial charge in [0.25, 0.3) is 5.91 Å². The van der Waals surface area contributed by atoms with Crippen LogP contribution in [-0.2, 0) is 16.3 Å². The maximum Gasteiger partial charge on any atom is 0.252 e. The summed E-state index contributed by atoms with van der Waals surface area (Å²) < 4.78 is 34.5. The Kier molecular flexibility index (Phi) is 6.01. The van der Waals surface area contributed by atoms with Gasteiger partial charge in [-0.15, -0.1) is 11.8 Å². The Labute approximate surface area is 174 Å². The molecule has 154 valence electrons. The van der Waals surface area contributed by atoms with Crippen LogP contribution in [0.1, 0.15) is 22.3 Å². The number of carbonyl (C=O) groups is 1. The largest absolute Gasteiger partial charge is 0.486 e. The molecule has 2 aliphatic rings. The summed E-state index contributed by atoms with van der Waals surface area (Å²) in [6, 6.07) is 13.2. The number of nitrogens with one attached hydrogen (secondary N) is 1. The first-order valence-corrected chi connectivity index (χ1v) is 12.3. The Morgan fingerprint density at radius 3 is 2.69 bits per heavy atom. The minimum absolute atomic E-state index is 0.00617. The van der Waals surface area contributed by atoms with E-state index in [0.29, 0.717) is 38.2 Å². The summed E-state index contributed by atoms with van der Waals surface area (Å²) in [7, 11) is -2.94. The second-order valence-corrected chi connectivity index (χ2v) is 10.7. The molecule has 1 fully saturated rings. The number of thioether (sulfide) groups is 1. The van der Waals surface area contributed by atoms with Crippen molar-refractivity contribution in [2.45, 2.75) is 23.0 Å². The van der Waals surface area contributed by atoms with Crippen molar-refractivity contribution >= 4 is 27.5 Å². The third-order valence-electron chi connectivity index (χ3n) is 4.92. The highest BCUT2D eigenvalue weighted by Gasteiger charge is 2.29. The summed E-state index contributed by atoms with van der Waals surface area (Å²) in [5, 5.41) is 2.97. The third kappa shape index (κ3) is 5.05. The molecule has 2 aromatic carbocycles. The van der Waals surface area contributed by atoms with Gasteiger partial charge in [0.2, 0.25) is 0 Å². The van der Waals surface area contributed by atoms with E-state index in [4.69, 9.17) is 9.47 Å².